The summed E-state index contributed by atoms with van der Waals surface area (Å²) in [6, 6.07) is 7.85. The first-order chi connectivity index (χ1) is 14.2. The van der Waals surface area contributed by atoms with Crippen molar-refractivity contribution in [2.45, 2.75) is 12.7 Å². The molecule has 1 aliphatic heterocycles. The van der Waals surface area contributed by atoms with Gasteiger partial charge in [0.25, 0.3) is 5.91 Å². The monoisotopic (exact) mass is 426 g/mol. The summed E-state index contributed by atoms with van der Waals surface area (Å²) in [6.45, 7) is 2.36. The molecule has 162 valence electrons. The number of rotatable bonds is 5. The largest absolute Gasteiger partial charge is 0.497 e. The first-order valence-corrected chi connectivity index (χ1v) is 9.32. The fraction of sp³-hybridized carbons (Fsp3) is 0.381. The third-order valence-electron chi connectivity index (χ3n) is 5.06. The van der Waals surface area contributed by atoms with Gasteiger partial charge in [0.05, 0.1) is 19.8 Å². The number of nitrogens with zero attached hydrogens (tertiary/aromatic N) is 2. The Balaban J connectivity index is 1.66. The molecule has 0 bridgehead atoms. The molecule has 1 fully saturated rings. The van der Waals surface area contributed by atoms with Crippen molar-refractivity contribution in [3.63, 3.8) is 0 Å². The zero-order valence-electron chi connectivity index (χ0n) is 16.6. The molecule has 0 aromatic heterocycles. The molecule has 0 aliphatic carbocycles. The van der Waals surface area contributed by atoms with E-state index in [0.717, 1.165) is 17.4 Å². The van der Waals surface area contributed by atoms with Crippen LogP contribution in [0.15, 0.2) is 36.4 Å². The highest BCUT2D eigenvalue weighted by Crippen LogP contribution is 2.32. The van der Waals surface area contributed by atoms with E-state index in [0.29, 0.717) is 50.6 Å². The van der Waals surface area contributed by atoms with Gasteiger partial charge in [-0.2, -0.15) is 13.2 Å². The van der Waals surface area contributed by atoms with Gasteiger partial charge in [-0.05, 0) is 36.4 Å². The van der Waals surface area contributed by atoms with Crippen LogP contribution in [-0.2, 0) is 12.7 Å². The first-order valence-electron chi connectivity index (χ1n) is 9.32. The molecule has 2 aromatic carbocycles. The average molecular weight is 426 g/mol. The molecule has 30 heavy (non-hydrogen) atoms. The Morgan fingerprint density at radius 2 is 1.70 bits per heavy atom. The minimum atomic E-state index is -4.85. The highest BCUT2D eigenvalue weighted by Gasteiger charge is 2.35. The summed E-state index contributed by atoms with van der Waals surface area (Å²) >= 11 is 0. The maximum absolute atomic E-state index is 13.5. The lowest BCUT2D eigenvalue weighted by Crippen LogP contribution is -2.48. The van der Waals surface area contributed by atoms with E-state index in [4.69, 9.17) is 9.47 Å². The van der Waals surface area contributed by atoms with Crippen LogP contribution in [-0.4, -0.2) is 56.1 Å². The van der Waals surface area contributed by atoms with E-state index in [-0.39, 0.29) is 5.56 Å². The lowest BCUT2D eigenvalue weighted by atomic mass is 10.1. The normalized spacial score (nSPS) is 15.2. The molecule has 0 N–H and O–H groups in total. The number of halogens is 4. The van der Waals surface area contributed by atoms with E-state index in [9.17, 15) is 22.4 Å². The summed E-state index contributed by atoms with van der Waals surface area (Å²) in [4.78, 5) is 16.2. The second-order valence-electron chi connectivity index (χ2n) is 6.94. The van der Waals surface area contributed by atoms with Gasteiger partial charge in [-0.1, -0.05) is 0 Å². The number of methoxy groups -OCH3 is 2. The Morgan fingerprint density at radius 3 is 2.30 bits per heavy atom. The molecule has 0 saturated carbocycles. The van der Waals surface area contributed by atoms with Crippen molar-refractivity contribution in [1.29, 1.82) is 0 Å². The Bertz CT molecular complexity index is 910. The van der Waals surface area contributed by atoms with Gasteiger partial charge < -0.3 is 14.4 Å². The SMILES string of the molecule is COc1ccc(OC)c(CN2CCN(C(=O)c3ccc(F)c(C(F)(F)F)c3)CC2)c1. The van der Waals surface area contributed by atoms with Crippen LogP contribution in [0.4, 0.5) is 17.6 Å². The van der Waals surface area contributed by atoms with E-state index in [1.165, 1.54) is 4.90 Å². The number of hydrogen-bond acceptors (Lipinski definition) is 4. The number of amides is 1. The van der Waals surface area contributed by atoms with Crippen LogP contribution in [0.25, 0.3) is 0 Å². The van der Waals surface area contributed by atoms with E-state index in [2.05, 4.69) is 4.90 Å². The van der Waals surface area contributed by atoms with Gasteiger partial charge in [-0.3, -0.25) is 9.69 Å². The first kappa shape index (κ1) is 21.9. The summed E-state index contributed by atoms with van der Waals surface area (Å²) in [5, 5.41) is 0. The minimum absolute atomic E-state index is 0.174. The van der Waals surface area contributed by atoms with Crippen LogP contribution in [0.5, 0.6) is 11.5 Å². The van der Waals surface area contributed by atoms with Crippen LogP contribution in [0.2, 0.25) is 0 Å². The maximum atomic E-state index is 13.5. The zero-order chi connectivity index (χ0) is 21.9. The van der Waals surface area contributed by atoms with Gasteiger partial charge in [-0.15, -0.1) is 0 Å². The van der Waals surface area contributed by atoms with Crippen LogP contribution in [0.1, 0.15) is 21.5 Å². The van der Waals surface area contributed by atoms with E-state index in [1.807, 2.05) is 12.1 Å². The molecule has 1 amide bonds. The standard InChI is InChI=1S/C21H22F4N2O3/c1-29-16-4-6-19(30-2)15(11-16)13-26-7-9-27(10-8-26)20(28)14-3-5-18(22)17(12-14)21(23,24)25/h3-6,11-12H,7-10,13H2,1-2H3. The number of alkyl halides is 3. The van der Waals surface area contributed by atoms with Crippen LogP contribution in [0, 0.1) is 5.82 Å². The summed E-state index contributed by atoms with van der Waals surface area (Å²) < 4.78 is 62.9. The number of hydrogen-bond donors (Lipinski definition) is 0. The number of piperazine rings is 1. The van der Waals surface area contributed by atoms with Gasteiger partial charge in [0.15, 0.2) is 0 Å². The minimum Gasteiger partial charge on any atom is -0.497 e. The average Bonchev–Trinajstić information content (AvgIpc) is 2.73. The van der Waals surface area contributed by atoms with Gasteiger partial charge >= 0.3 is 6.18 Å². The zero-order valence-corrected chi connectivity index (χ0v) is 16.6. The molecule has 2 aromatic rings. The molecule has 1 saturated heterocycles. The molecule has 0 atom stereocenters. The molecule has 0 radical (unpaired) electrons. The van der Waals surface area contributed by atoms with Crippen molar-refractivity contribution >= 4 is 5.91 Å². The Hall–Kier alpha value is -2.81. The summed E-state index contributed by atoms with van der Waals surface area (Å²) in [5.41, 5.74) is -0.672. The highest BCUT2D eigenvalue weighted by molar-refractivity contribution is 5.94. The van der Waals surface area contributed by atoms with Gasteiger partial charge in [0.1, 0.15) is 17.3 Å². The molecule has 5 nitrogen and oxygen atoms in total. The molecule has 0 spiro atoms. The third-order valence-corrected chi connectivity index (χ3v) is 5.06. The van der Waals surface area contributed by atoms with Crippen molar-refractivity contribution in [2.24, 2.45) is 0 Å². The summed E-state index contributed by atoms with van der Waals surface area (Å²) in [6.07, 6.45) is -4.85. The number of carbonyl (C=O) groups is 1. The fourth-order valence-corrected chi connectivity index (χ4v) is 3.41. The van der Waals surface area contributed by atoms with Crippen molar-refractivity contribution in [1.82, 2.24) is 9.80 Å². The van der Waals surface area contributed by atoms with Gasteiger partial charge in [-0.25, -0.2) is 4.39 Å². The number of carbonyl (C=O) groups excluding carboxylic acids is 1. The quantitative estimate of drug-likeness (QED) is 0.682. The van der Waals surface area contributed by atoms with Crippen molar-refractivity contribution in [3.05, 3.63) is 58.9 Å². The number of benzene rings is 2. The van der Waals surface area contributed by atoms with Crippen molar-refractivity contribution in [3.8, 4) is 11.5 Å². The molecule has 9 heteroatoms. The molecule has 1 heterocycles. The highest BCUT2D eigenvalue weighted by atomic mass is 19.4. The third kappa shape index (κ3) is 4.84. The van der Waals surface area contributed by atoms with Crippen molar-refractivity contribution < 1.29 is 31.8 Å². The second-order valence-corrected chi connectivity index (χ2v) is 6.94. The lowest BCUT2D eigenvalue weighted by Gasteiger charge is -2.35. The van der Waals surface area contributed by atoms with Crippen molar-refractivity contribution in [2.75, 3.05) is 40.4 Å². The summed E-state index contributed by atoms with van der Waals surface area (Å²) in [7, 11) is 3.16. The predicted molar refractivity (Wildman–Crippen MR) is 102 cm³/mol. The Labute approximate surface area is 171 Å². The number of ether oxygens (including phenoxy) is 2. The molecule has 0 unspecified atom stereocenters. The maximum Gasteiger partial charge on any atom is 0.419 e. The van der Waals surface area contributed by atoms with E-state index >= 15 is 0 Å². The van der Waals surface area contributed by atoms with Gasteiger partial charge in [0, 0.05) is 43.9 Å². The van der Waals surface area contributed by atoms with Crippen LogP contribution in [0.3, 0.4) is 0 Å². The van der Waals surface area contributed by atoms with E-state index < -0.39 is 23.5 Å². The fourth-order valence-electron chi connectivity index (χ4n) is 3.41. The topological polar surface area (TPSA) is 42.0 Å². The molecular formula is C21H22F4N2O3. The van der Waals surface area contributed by atoms with E-state index in [1.54, 1.807) is 20.3 Å². The predicted octanol–water partition coefficient (Wildman–Crippen LogP) is 3.82. The Morgan fingerprint density at radius 1 is 1.00 bits per heavy atom. The molecular weight excluding hydrogens is 404 g/mol. The summed E-state index contributed by atoms with van der Waals surface area (Å²) in [5.74, 6) is -0.507. The smallest absolute Gasteiger partial charge is 0.419 e. The van der Waals surface area contributed by atoms with Crippen LogP contribution < -0.4 is 9.47 Å². The second kappa shape index (κ2) is 8.91. The lowest BCUT2D eigenvalue weighted by molar-refractivity contribution is -0.140. The molecule has 1 aliphatic rings. The Kier molecular flexibility index (Phi) is 6.50. The molecule has 3 rings (SSSR count). The van der Waals surface area contributed by atoms with Crippen LogP contribution >= 0.6 is 0 Å². The van der Waals surface area contributed by atoms with Gasteiger partial charge in [0.2, 0.25) is 0 Å².